The molecule has 1 saturated carbocycles. The normalized spacial score (nSPS) is 23.2. The van der Waals surface area contributed by atoms with Crippen LogP contribution in [0.1, 0.15) is 45.9 Å². The van der Waals surface area contributed by atoms with Crippen molar-refractivity contribution >= 4 is 6.01 Å². The van der Waals surface area contributed by atoms with Crippen LogP contribution in [0.5, 0.6) is 0 Å². The molecule has 0 spiro atoms. The minimum Gasteiger partial charge on any atom is -0.407 e. The fourth-order valence-electron chi connectivity index (χ4n) is 2.61. The number of hydrogen-bond donors (Lipinski definition) is 2. The van der Waals surface area contributed by atoms with E-state index in [0.29, 0.717) is 24.4 Å². The van der Waals surface area contributed by atoms with Gasteiger partial charge in [-0.3, -0.25) is 0 Å². The molecular weight excluding hydrogens is 240 g/mol. The lowest BCUT2D eigenvalue weighted by Crippen LogP contribution is -2.19. The molecule has 1 aliphatic rings. The number of nitrogens with zero attached hydrogens (tertiary/aromatic N) is 2. The molecule has 19 heavy (non-hydrogen) atoms. The van der Waals surface area contributed by atoms with Gasteiger partial charge in [-0.2, -0.15) is 0 Å². The summed E-state index contributed by atoms with van der Waals surface area (Å²) in [5, 5.41) is 14.6. The minimum atomic E-state index is 0.556. The Kier molecular flexibility index (Phi) is 5.19. The van der Waals surface area contributed by atoms with Gasteiger partial charge in [0.25, 0.3) is 0 Å². The summed E-state index contributed by atoms with van der Waals surface area (Å²) in [4.78, 5) is 0. The largest absolute Gasteiger partial charge is 0.407 e. The minimum absolute atomic E-state index is 0.556. The van der Waals surface area contributed by atoms with Crippen LogP contribution in [0.3, 0.4) is 0 Å². The summed E-state index contributed by atoms with van der Waals surface area (Å²) in [5.41, 5.74) is 0. The van der Waals surface area contributed by atoms with Gasteiger partial charge in [0, 0.05) is 6.54 Å². The molecule has 2 N–H and O–H groups in total. The van der Waals surface area contributed by atoms with Crippen molar-refractivity contribution in [1.82, 2.24) is 15.5 Å². The predicted octanol–water partition coefficient (Wildman–Crippen LogP) is 2.66. The maximum atomic E-state index is 5.56. The molecule has 0 aromatic carbocycles. The van der Waals surface area contributed by atoms with Crippen LogP contribution in [-0.2, 0) is 6.54 Å². The average molecular weight is 266 g/mol. The second kappa shape index (κ2) is 6.89. The molecule has 5 nitrogen and oxygen atoms in total. The molecular formula is C14H26N4O. The molecule has 2 unspecified atom stereocenters. The quantitative estimate of drug-likeness (QED) is 0.794. The average Bonchev–Trinajstić information content (AvgIpc) is 2.95. The molecule has 1 aromatic rings. The number of aromatic nitrogens is 2. The topological polar surface area (TPSA) is 63.0 Å². The number of hydrogen-bond acceptors (Lipinski definition) is 5. The molecule has 1 heterocycles. The zero-order chi connectivity index (χ0) is 13.7. The molecule has 0 radical (unpaired) electrons. The molecule has 1 aromatic heterocycles. The number of nitrogens with one attached hydrogen (secondary N) is 2. The Morgan fingerprint density at radius 1 is 1.32 bits per heavy atom. The van der Waals surface area contributed by atoms with E-state index in [0.717, 1.165) is 24.9 Å². The van der Waals surface area contributed by atoms with Crippen LogP contribution in [0, 0.1) is 17.8 Å². The molecule has 2 atom stereocenters. The van der Waals surface area contributed by atoms with Crippen LogP contribution in [0.4, 0.5) is 6.01 Å². The van der Waals surface area contributed by atoms with Crippen LogP contribution >= 0.6 is 0 Å². The molecule has 0 aliphatic heterocycles. The third-order valence-electron chi connectivity index (χ3n) is 3.85. The van der Waals surface area contributed by atoms with E-state index in [2.05, 4.69) is 41.6 Å². The lowest BCUT2D eigenvalue weighted by atomic mass is 9.98. The lowest BCUT2D eigenvalue weighted by Gasteiger charge is -2.14. The van der Waals surface area contributed by atoms with E-state index in [4.69, 9.17) is 4.42 Å². The molecule has 0 bridgehead atoms. The Bertz CT molecular complexity index is 377. The van der Waals surface area contributed by atoms with E-state index in [1.165, 1.54) is 19.3 Å². The van der Waals surface area contributed by atoms with Gasteiger partial charge in [0.15, 0.2) is 0 Å². The van der Waals surface area contributed by atoms with Crippen molar-refractivity contribution in [2.24, 2.45) is 17.8 Å². The summed E-state index contributed by atoms with van der Waals surface area (Å²) >= 11 is 0. The van der Waals surface area contributed by atoms with Gasteiger partial charge < -0.3 is 15.1 Å². The van der Waals surface area contributed by atoms with Gasteiger partial charge in [0.05, 0.1) is 6.54 Å². The summed E-state index contributed by atoms with van der Waals surface area (Å²) in [6.07, 6.45) is 4.01. The zero-order valence-corrected chi connectivity index (χ0v) is 12.3. The highest BCUT2D eigenvalue weighted by molar-refractivity contribution is 5.17. The predicted molar refractivity (Wildman–Crippen MR) is 75.8 cm³/mol. The van der Waals surface area contributed by atoms with Crippen LogP contribution in [0.15, 0.2) is 4.42 Å². The fourth-order valence-corrected chi connectivity index (χ4v) is 2.61. The Morgan fingerprint density at radius 3 is 2.84 bits per heavy atom. The lowest BCUT2D eigenvalue weighted by molar-refractivity contribution is 0.426. The smallest absolute Gasteiger partial charge is 0.315 e. The fraction of sp³-hybridized carbons (Fsp3) is 0.857. The zero-order valence-electron chi connectivity index (χ0n) is 12.3. The second-order valence-electron chi connectivity index (χ2n) is 6.07. The van der Waals surface area contributed by atoms with Gasteiger partial charge in [0.2, 0.25) is 5.89 Å². The summed E-state index contributed by atoms with van der Waals surface area (Å²) < 4.78 is 5.56. The van der Waals surface area contributed by atoms with Gasteiger partial charge in [-0.05, 0) is 30.7 Å². The summed E-state index contributed by atoms with van der Waals surface area (Å²) in [7, 11) is 0. The highest BCUT2D eigenvalue weighted by Gasteiger charge is 2.23. The molecule has 1 fully saturated rings. The highest BCUT2D eigenvalue weighted by Crippen LogP contribution is 2.31. The monoisotopic (exact) mass is 266 g/mol. The van der Waals surface area contributed by atoms with Crippen LogP contribution in [0.25, 0.3) is 0 Å². The summed E-state index contributed by atoms with van der Waals surface area (Å²) in [6.45, 7) is 9.24. The van der Waals surface area contributed by atoms with Crippen molar-refractivity contribution < 1.29 is 4.42 Å². The van der Waals surface area contributed by atoms with Crippen molar-refractivity contribution in [3.8, 4) is 0 Å². The third kappa shape index (κ3) is 4.49. The van der Waals surface area contributed by atoms with E-state index in [-0.39, 0.29) is 0 Å². The summed E-state index contributed by atoms with van der Waals surface area (Å²) in [6, 6.07) is 0.556. The third-order valence-corrected chi connectivity index (χ3v) is 3.85. The Labute approximate surface area is 115 Å². The number of rotatable bonds is 7. The van der Waals surface area contributed by atoms with E-state index >= 15 is 0 Å². The maximum absolute atomic E-state index is 5.56. The molecule has 5 heteroatoms. The Balaban J connectivity index is 1.71. The van der Waals surface area contributed by atoms with Crippen LogP contribution < -0.4 is 10.6 Å². The van der Waals surface area contributed by atoms with Gasteiger partial charge >= 0.3 is 6.01 Å². The van der Waals surface area contributed by atoms with E-state index < -0.39 is 0 Å². The first-order valence-electron chi connectivity index (χ1n) is 7.42. The molecule has 0 saturated heterocycles. The van der Waals surface area contributed by atoms with Gasteiger partial charge in [-0.25, -0.2) is 0 Å². The van der Waals surface area contributed by atoms with Crippen molar-refractivity contribution in [2.75, 3.05) is 18.4 Å². The SMILES string of the molecule is CC(C)CNCc1nnc(NCC2CCCC2C)o1. The first-order chi connectivity index (χ1) is 9.15. The molecule has 1 aliphatic carbocycles. The summed E-state index contributed by atoms with van der Waals surface area (Å²) in [5.74, 6) is 2.84. The van der Waals surface area contributed by atoms with Gasteiger partial charge in [-0.15, -0.1) is 5.10 Å². The second-order valence-corrected chi connectivity index (χ2v) is 6.07. The van der Waals surface area contributed by atoms with Crippen molar-refractivity contribution in [2.45, 2.75) is 46.6 Å². The van der Waals surface area contributed by atoms with Crippen molar-refractivity contribution in [3.05, 3.63) is 5.89 Å². The standard InChI is InChI=1S/C14H26N4O/c1-10(2)7-15-9-13-17-18-14(19-13)16-8-12-6-4-5-11(12)3/h10-12,15H,4-9H2,1-3H3,(H,16,18). The van der Waals surface area contributed by atoms with Gasteiger partial charge in [-0.1, -0.05) is 38.7 Å². The van der Waals surface area contributed by atoms with Crippen LogP contribution in [0.2, 0.25) is 0 Å². The van der Waals surface area contributed by atoms with Crippen molar-refractivity contribution in [3.63, 3.8) is 0 Å². The Morgan fingerprint density at radius 2 is 2.16 bits per heavy atom. The number of anilines is 1. The Hall–Kier alpha value is -1.10. The van der Waals surface area contributed by atoms with E-state index in [1.807, 2.05) is 0 Å². The van der Waals surface area contributed by atoms with Gasteiger partial charge in [0.1, 0.15) is 0 Å². The first-order valence-corrected chi connectivity index (χ1v) is 7.42. The molecule has 108 valence electrons. The highest BCUT2D eigenvalue weighted by atomic mass is 16.4. The van der Waals surface area contributed by atoms with Crippen molar-refractivity contribution in [1.29, 1.82) is 0 Å². The van der Waals surface area contributed by atoms with Crippen LogP contribution in [-0.4, -0.2) is 23.3 Å². The van der Waals surface area contributed by atoms with E-state index in [1.54, 1.807) is 0 Å². The molecule has 2 rings (SSSR count). The molecule has 0 amide bonds. The maximum Gasteiger partial charge on any atom is 0.315 e. The first kappa shape index (κ1) is 14.3. The van der Waals surface area contributed by atoms with E-state index in [9.17, 15) is 0 Å².